The maximum Gasteiger partial charge on any atom is 0.166 e. The van der Waals surface area contributed by atoms with Crippen LogP contribution in [-0.2, 0) is 13.0 Å². The minimum atomic E-state index is 0.474. The molecule has 2 aromatic rings. The van der Waals surface area contributed by atoms with Gasteiger partial charge in [-0.05, 0) is 36.1 Å². The Morgan fingerprint density at radius 2 is 1.78 bits per heavy atom. The van der Waals surface area contributed by atoms with Crippen LogP contribution in [0.4, 0.5) is 5.69 Å². The summed E-state index contributed by atoms with van der Waals surface area (Å²) in [6.45, 7) is 7.83. The fourth-order valence-electron chi connectivity index (χ4n) is 2.33. The maximum absolute atomic E-state index is 5.98. The molecular weight excluding hydrogens is 286 g/mol. The quantitative estimate of drug-likeness (QED) is 0.751. The van der Waals surface area contributed by atoms with Gasteiger partial charge in [0.05, 0.1) is 13.7 Å². The molecule has 0 heterocycles. The highest BCUT2D eigenvalue weighted by molar-refractivity contribution is 5.50. The maximum atomic E-state index is 5.98. The molecule has 124 valence electrons. The van der Waals surface area contributed by atoms with E-state index in [2.05, 4.69) is 56.4 Å². The van der Waals surface area contributed by atoms with Gasteiger partial charge in [0.1, 0.15) is 0 Å². The number of ether oxygens (including phenoxy) is 2. The molecule has 0 aromatic heterocycles. The van der Waals surface area contributed by atoms with E-state index < -0.39 is 0 Å². The van der Waals surface area contributed by atoms with E-state index in [1.165, 1.54) is 5.56 Å². The van der Waals surface area contributed by atoms with Crippen molar-refractivity contribution in [1.29, 1.82) is 0 Å². The Labute approximate surface area is 139 Å². The lowest BCUT2D eigenvalue weighted by Crippen LogP contribution is -2.09. The molecule has 3 nitrogen and oxygen atoms in total. The number of methoxy groups -OCH3 is 1. The van der Waals surface area contributed by atoms with Crippen molar-refractivity contribution in [1.82, 2.24) is 0 Å². The predicted octanol–water partition coefficient (Wildman–Crippen LogP) is 4.90. The Morgan fingerprint density at radius 3 is 2.39 bits per heavy atom. The van der Waals surface area contributed by atoms with Crippen molar-refractivity contribution in [2.24, 2.45) is 5.92 Å². The van der Waals surface area contributed by atoms with Gasteiger partial charge in [0.25, 0.3) is 0 Å². The van der Waals surface area contributed by atoms with Gasteiger partial charge < -0.3 is 14.8 Å². The van der Waals surface area contributed by atoms with Crippen LogP contribution in [0.2, 0.25) is 0 Å². The van der Waals surface area contributed by atoms with E-state index in [1.54, 1.807) is 7.11 Å². The molecule has 2 aromatic carbocycles. The van der Waals surface area contributed by atoms with Crippen LogP contribution < -0.4 is 14.8 Å². The van der Waals surface area contributed by atoms with Gasteiger partial charge in [0, 0.05) is 17.8 Å². The third-order valence-electron chi connectivity index (χ3n) is 3.69. The first kappa shape index (κ1) is 17.2. The van der Waals surface area contributed by atoms with Crippen molar-refractivity contribution in [3.05, 3.63) is 53.6 Å². The van der Waals surface area contributed by atoms with E-state index in [-0.39, 0.29) is 0 Å². The molecule has 0 fully saturated rings. The van der Waals surface area contributed by atoms with Crippen molar-refractivity contribution in [3.63, 3.8) is 0 Å². The fourth-order valence-corrected chi connectivity index (χ4v) is 2.33. The molecule has 23 heavy (non-hydrogen) atoms. The molecular formula is C20H27NO2. The van der Waals surface area contributed by atoms with Crippen LogP contribution in [0.5, 0.6) is 11.5 Å². The average Bonchev–Trinajstić information content (AvgIpc) is 2.58. The molecule has 0 radical (unpaired) electrons. The molecule has 0 aliphatic carbocycles. The first-order valence-corrected chi connectivity index (χ1v) is 8.25. The van der Waals surface area contributed by atoms with E-state index in [0.29, 0.717) is 19.1 Å². The molecule has 0 saturated heterocycles. The highest BCUT2D eigenvalue weighted by Crippen LogP contribution is 2.32. The number of para-hydroxylation sites is 1. The highest BCUT2D eigenvalue weighted by Gasteiger charge is 2.11. The third-order valence-corrected chi connectivity index (χ3v) is 3.69. The summed E-state index contributed by atoms with van der Waals surface area (Å²) in [4.78, 5) is 0. The Balaban J connectivity index is 2.11. The van der Waals surface area contributed by atoms with Crippen molar-refractivity contribution in [2.75, 3.05) is 19.0 Å². The number of nitrogens with one attached hydrogen (secondary N) is 1. The average molecular weight is 313 g/mol. The monoisotopic (exact) mass is 313 g/mol. The van der Waals surface area contributed by atoms with Crippen LogP contribution in [0.15, 0.2) is 42.5 Å². The third kappa shape index (κ3) is 4.92. The van der Waals surface area contributed by atoms with Gasteiger partial charge in [-0.3, -0.25) is 0 Å². The van der Waals surface area contributed by atoms with Gasteiger partial charge in [0.15, 0.2) is 11.5 Å². The summed E-state index contributed by atoms with van der Waals surface area (Å²) < 4.78 is 11.4. The lowest BCUT2D eigenvalue weighted by Gasteiger charge is -2.17. The van der Waals surface area contributed by atoms with Gasteiger partial charge in [-0.2, -0.15) is 0 Å². The lowest BCUT2D eigenvalue weighted by atomic mass is 10.1. The van der Waals surface area contributed by atoms with Gasteiger partial charge >= 0.3 is 0 Å². The van der Waals surface area contributed by atoms with Crippen LogP contribution in [0.1, 0.15) is 31.9 Å². The first-order valence-electron chi connectivity index (χ1n) is 8.25. The number of rotatable bonds is 8. The first-order chi connectivity index (χ1) is 11.1. The standard InChI is InChI=1S/C20H27NO2/c1-5-16-9-11-18(12-10-16)21-13-17-7-6-8-19(22-4)20(17)23-14-15(2)3/h6-12,15,21H,5,13-14H2,1-4H3. The van der Waals surface area contributed by atoms with E-state index >= 15 is 0 Å². The molecule has 1 N–H and O–H groups in total. The Morgan fingerprint density at radius 1 is 1.04 bits per heavy atom. The second-order valence-electron chi connectivity index (χ2n) is 6.06. The Bertz CT molecular complexity index is 606. The molecule has 2 rings (SSSR count). The number of hydrogen-bond donors (Lipinski definition) is 1. The van der Waals surface area contributed by atoms with Crippen molar-refractivity contribution in [2.45, 2.75) is 33.7 Å². The summed E-state index contributed by atoms with van der Waals surface area (Å²) in [6, 6.07) is 14.6. The van der Waals surface area contributed by atoms with E-state index in [4.69, 9.17) is 9.47 Å². The summed E-state index contributed by atoms with van der Waals surface area (Å²) in [7, 11) is 1.68. The van der Waals surface area contributed by atoms with E-state index in [0.717, 1.165) is 29.2 Å². The van der Waals surface area contributed by atoms with Gasteiger partial charge in [-0.15, -0.1) is 0 Å². The topological polar surface area (TPSA) is 30.5 Å². The number of hydrogen-bond acceptors (Lipinski definition) is 3. The zero-order valence-electron chi connectivity index (χ0n) is 14.6. The smallest absolute Gasteiger partial charge is 0.166 e. The van der Waals surface area contributed by atoms with Gasteiger partial charge in [-0.1, -0.05) is 45.0 Å². The molecule has 3 heteroatoms. The molecule has 0 spiro atoms. The number of anilines is 1. The minimum absolute atomic E-state index is 0.474. The normalized spacial score (nSPS) is 10.7. The SMILES string of the molecule is CCc1ccc(NCc2cccc(OC)c2OCC(C)C)cc1. The van der Waals surface area contributed by atoms with Crippen LogP contribution >= 0.6 is 0 Å². The number of aryl methyl sites for hydroxylation is 1. The van der Waals surface area contributed by atoms with Crippen molar-refractivity contribution < 1.29 is 9.47 Å². The van der Waals surface area contributed by atoms with Crippen LogP contribution in [-0.4, -0.2) is 13.7 Å². The van der Waals surface area contributed by atoms with Crippen molar-refractivity contribution in [3.8, 4) is 11.5 Å². The molecule has 0 aliphatic heterocycles. The molecule has 0 unspecified atom stereocenters. The molecule has 0 aliphatic rings. The largest absolute Gasteiger partial charge is 0.493 e. The zero-order chi connectivity index (χ0) is 16.7. The van der Waals surface area contributed by atoms with Crippen LogP contribution in [0, 0.1) is 5.92 Å². The van der Waals surface area contributed by atoms with E-state index in [9.17, 15) is 0 Å². The Hall–Kier alpha value is -2.16. The molecule has 0 bridgehead atoms. The summed E-state index contributed by atoms with van der Waals surface area (Å²) >= 11 is 0. The second kappa shape index (κ2) is 8.47. The van der Waals surface area contributed by atoms with Gasteiger partial charge in [0.2, 0.25) is 0 Å². The molecule has 0 amide bonds. The zero-order valence-corrected chi connectivity index (χ0v) is 14.6. The summed E-state index contributed by atoms with van der Waals surface area (Å²) in [5.74, 6) is 2.09. The lowest BCUT2D eigenvalue weighted by molar-refractivity contribution is 0.254. The Kier molecular flexibility index (Phi) is 6.33. The highest BCUT2D eigenvalue weighted by atomic mass is 16.5. The summed E-state index contributed by atoms with van der Waals surface area (Å²) in [5.41, 5.74) is 3.56. The van der Waals surface area contributed by atoms with Crippen LogP contribution in [0.3, 0.4) is 0 Å². The van der Waals surface area contributed by atoms with Crippen LogP contribution in [0.25, 0.3) is 0 Å². The summed E-state index contributed by atoms with van der Waals surface area (Å²) in [6.07, 6.45) is 1.06. The minimum Gasteiger partial charge on any atom is -0.493 e. The fraction of sp³-hybridized carbons (Fsp3) is 0.400. The second-order valence-corrected chi connectivity index (χ2v) is 6.06. The molecule has 0 saturated carbocycles. The summed E-state index contributed by atoms with van der Waals surface area (Å²) in [5, 5.41) is 3.46. The predicted molar refractivity (Wildman–Crippen MR) is 96.5 cm³/mol. The van der Waals surface area contributed by atoms with E-state index in [1.807, 2.05) is 12.1 Å². The molecule has 0 atom stereocenters. The van der Waals surface area contributed by atoms with Gasteiger partial charge in [-0.25, -0.2) is 0 Å². The number of benzene rings is 2. The van der Waals surface area contributed by atoms with Crippen molar-refractivity contribution >= 4 is 5.69 Å².